The van der Waals surface area contributed by atoms with Gasteiger partial charge < -0.3 is 10.2 Å². The minimum Gasteiger partial charge on any atom is -0.378 e. The number of nitrogens with one attached hydrogen (secondary N) is 1. The van der Waals surface area contributed by atoms with E-state index in [1.807, 2.05) is 62.3 Å². The molecule has 0 aliphatic rings. The van der Waals surface area contributed by atoms with Crippen LogP contribution in [0.4, 0.5) is 17.1 Å². The van der Waals surface area contributed by atoms with Crippen LogP contribution in [-0.2, 0) is 0 Å². The molecule has 1 N–H and O–H groups in total. The number of amides is 1. The molecule has 0 fully saturated rings. The van der Waals surface area contributed by atoms with Crippen LogP contribution in [0.25, 0.3) is 0 Å². The van der Waals surface area contributed by atoms with Crippen molar-refractivity contribution >= 4 is 23.0 Å². The topological polar surface area (TPSA) is 57.1 Å². The first-order valence-electron chi connectivity index (χ1n) is 7.68. The van der Waals surface area contributed by atoms with Gasteiger partial charge in [0.1, 0.15) is 0 Å². The summed E-state index contributed by atoms with van der Waals surface area (Å²) in [6.07, 6.45) is 0.896. The summed E-state index contributed by atoms with van der Waals surface area (Å²) in [5, 5.41) is 11.3. The van der Waals surface area contributed by atoms with Gasteiger partial charge in [0.05, 0.1) is 16.9 Å². The fourth-order valence-corrected chi connectivity index (χ4v) is 2.02. The number of benzene rings is 2. The van der Waals surface area contributed by atoms with Crippen LogP contribution in [0, 0.1) is 0 Å². The molecular weight excluding hydrogens is 288 g/mol. The SMILES string of the molecule is CCCNC(=O)c1ccccc1/N=N/c1ccc(N(C)C)cc1. The Hall–Kier alpha value is -2.69. The minimum absolute atomic E-state index is 0.121. The van der Waals surface area contributed by atoms with E-state index in [4.69, 9.17) is 0 Å². The number of rotatable bonds is 6. The maximum Gasteiger partial charge on any atom is 0.253 e. The molecule has 0 atom stereocenters. The van der Waals surface area contributed by atoms with E-state index in [1.54, 1.807) is 12.1 Å². The largest absolute Gasteiger partial charge is 0.378 e. The van der Waals surface area contributed by atoms with Gasteiger partial charge in [0.25, 0.3) is 5.91 Å². The molecule has 1 amide bonds. The molecule has 2 aromatic carbocycles. The lowest BCUT2D eigenvalue weighted by Gasteiger charge is -2.11. The number of anilines is 1. The highest BCUT2D eigenvalue weighted by molar-refractivity contribution is 5.98. The zero-order chi connectivity index (χ0) is 16.7. The van der Waals surface area contributed by atoms with Crippen molar-refractivity contribution in [3.05, 3.63) is 54.1 Å². The summed E-state index contributed by atoms with van der Waals surface area (Å²) in [5.74, 6) is -0.121. The Labute approximate surface area is 137 Å². The summed E-state index contributed by atoms with van der Waals surface area (Å²) in [5.41, 5.74) is 2.95. The molecule has 5 heteroatoms. The van der Waals surface area contributed by atoms with Gasteiger partial charge in [-0.3, -0.25) is 4.79 Å². The lowest BCUT2D eigenvalue weighted by Crippen LogP contribution is -2.23. The van der Waals surface area contributed by atoms with Crippen LogP contribution in [0.5, 0.6) is 0 Å². The first-order valence-corrected chi connectivity index (χ1v) is 7.68. The number of carbonyl (C=O) groups excluding carboxylic acids is 1. The van der Waals surface area contributed by atoms with Crippen molar-refractivity contribution in [1.82, 2.24) is 5.32 Å². The second-order valence-corrected chi connectivity index (χ2v) is 5.38. The Balaban J connectivity index is 2.17. The Morgan fingerprint density at radius 1 is 1.04 bits per heavy atom. The first-order chi connectivity index (χ1) is 11.1. The normalized spacial score (nSPS) is 10.7. The maximum absolute atomic E-state index is 12.1. The van der Waals surface area contributed by atoms with Crippen LogP contribution in [0.1, 0.15) is 23.7 Å². The molecule has 23 heavy (non-hydrogen) atoms. The van der Waals surface area contributed by atoms with Gasteiger partial charge >= 0.3 is 0 Å². The number of azo groups is 1. The van der Waals surface area contributed by atoms with Crippen LogP contribution >= 0.6 is 0 Å². The summed E-state index contributed by atoms with van der Waals surface area (Å²) in [7, 11) is 3.98. The van der Waals surface area contributed by atoms with Crippen LogP contribution in [0.2, 0.25) is 0 Å². The van der Waals surface area contributed by atoms with Gasteiger partial charge in [-0.2, -0.15) is 5.11 Å². The molecule has 5 nitrogen and oxygen atoms in total. The molecule has 0 spiro atoms. The second-order valence-electron chi connectivity index (χ2n) is 5.38. The van der Waals surface area contributed by atoms with E-state index in [9.17, 15) is 4.79 Å². The van der Waals surface area contributed by atoms with Crippen molar-refractivity contribution in [3.63, 3.8) is 0 Å². The van der Waals surface area contributed by atoms with Crippen molar-refractivity contribution < 1.29 is 4.79 Å². The van der Waals surface area contributed by atoms with E-state index in [0.717, 1.165) is 17.8 Å². The summed E-state index contributed by atoms with van der Waals surface area (Å²) < 4.78 is 0. The molecule has 0 saturated heterocycles. The zero-order valence-corrected chi connectivity index (χ0v) is 13.8. The molecule has 0 unspecified atom stereocenters. The van der Waals surface area contributed by atoms with Crippen LogP contribution < -0.4 is 10.2 Å². The summed E-state index contributed by atoms with van der Waals surface area (Å²) in [6, 6.07) is 15.0. The highest BCUT2D eigenvalue weighted by Gasteiger charge is 2.09. The molecule has 0 aliphatic carbocycles. The number of carbonyl (C=O) groups is 1. The van der Waals surface area contributed by atoms with E-state index >= 15 is 0 Å². The van der Waals surface area contributed by atoms with Crippen molar-refractivity contribution in [2.75, 3.05) is 25.5 Å². The molecule has 0 radical (unpaired) electrons. The fourth-order valence-electron chi connectivity index (χ4n) is 2.02. The van der Waals surface area contributed by atoms with E-state index in [1.165, 1.54) is 0 Å². The van der Waals surface area contributed by atoms with Gasteiger partial charge in [-0.05, 0) is 42.8 Å². The standard InChI is InChI=1S/C18H22N4O/c1-4-13-19-18(23)16-7-5-6-8-17(16)21-20-14-9-11-15(12-10-14)22(2)3/h5-12H,4,13H2,1-3H3,(H,19,23)/b21-20+. The van der Waals surface area contributed by atoms with Gasteiger partial charge in [-0.15, -0.1) is 5.11 Å². The highest BCUT2D eigenvalue weighted by Crippen LogP contribution is 2.23. The summed E-state index contributed by atoms with van der Waals surface area (Å²) in [4.78, 5) is 14.2. The van der Waals surface area contributed by atoms with Crippen LogP contribution in [0.15, 0.2) is 58.8 Å². The Bertz CT molecular complexity index is 678. The molecule has 0 aliphatic heterocycles. The third-order valence-electron chi connectivity index (χ3n) is 3.32. The molecule has 0 saturated carbocycles. The molecule has 2 rings (SSSR count). The lowest BCUT2D eigenvalue weighted by molar-refractivity contribution is 0.0954. The fraction of sp³-hybridized carbons (Fsp3) is 0.278. The van der Waals surface area contributed by atoms with Gasteiger partial charge in [-0.25, -0.2) is 0 Å². The predicted octanol–water partition coefficient (Wildman–Crippen LogP) is 4.31. The van der Waals surface area contributed by atoms with E-state index < -0.39 is 0 Å². The monoisotopic (exact) mass is 310 g/mol. The van der Waals surface area contributed by atoms with E-state index in [0.29, 0.717) is 17.8 Å². The molecule has 2 aromatic rings. The average Bonchev–Trinajstić information content (AvgIpc) is 2.58. The zero-order valence-electron chi connectivity index (χ0n) is 13.8. The smallest absolute Gasteiger partial charge is 0.253 e. The first kappa shape index (κ1) is 16.7. The summed E-state index contributed by atoms with van der Waals surface area (Å²) >= 11 is 0. The third kappa shape index (κ3) is 4.64. The highest BCUT2D eigenvalue weighted by atomic mass is 16.1. The van der Waals surface area contributed by atoms with Crippen molar-refractivity contribution in [3.8, 4) is 0 Å². The van der Waals surface area contributed by atoms with E-state index in [2.05, 4.69) is 15.5 Å². The molecular formula is C18H22N4O. The average molecular weight is 310 g/mol. The molecule has 0 aromatic heterocycles. The van der Waals surface area contributed by atoms with Crippen molar-refractivity contribution in [2.45, 2.75) is 13.3 Å². The minimum atomic E-state index is -0.121. The van der Waals surface area contributed by atoms with Crippen molar-refractivity contribution in [1.29, 1.82) is 0 Å². The molecule has 120 valence electrons. The third-order valence-corrected chi connectivity index (χ3v) is 3.32. The lowest BCUT2D eigenvalue weighted by atomic mass is 10.1. The quantitative estimate of drug-likeness (QED) is 0.808. The second kappa shape index (κ2) is 8.08. The number of hydrogen-bond acceptors (Lipinski definition) is 4. The van der Waals surface area contributed by atoms with Gasteiger partial charge in [0.15, 0.2) is 0 Å². The maximum atomic E-state index is 12.1. The Morgan fingerprint density at radius 3 is 2.39 bits per heavy atom. The number of nitrogens with zero attached hydrogens (tertiary/aromatic N) is 3. The Kier molecular flexibility index (Phi) is 5.86. The Morgan fingerprint density at radius 2 is 1.74 bits per heavy atom. The van der Waals surface area contributed by atoms with Crippen LogP contribution in [0.3, 0.4) is 0 Å². The van der Waals surface area contributed by atoms with E-state index in [-0.39, 0.29) is 5.91 Å². The van der Waals surface area contributed by atoms with Crippen LogP contribution in [-0.4, -0.2) is 26.5 Å². The van der Waals surface area contributed by atoms with Gasteiger partial charge in [-0.1, -0.05) is 19.1 Å². The van der Waals surface area contributed by atoms with Gasteiger partial charge in [0.2, 0.25) is 0 Å². The van der Waals surface area contributed by atoms with Gasteiger partial charge in [0, 0.05) is 26.3 Å². The molecule has 0 heterocycles. The molecule has 0 bridgehead atoms. The number of hydrogen-bond donors (Lipinski definition) is 1. The predicted molar refractivity (Wildman–Crippen MR) is 94.0 cm³/mol. The van der Waals surface area contributed by atoms with Crippen molar-refractivity contribution in [2.24, 2.45) is 10.2 Å². The summed E-state index contributed by atoms with van der Waals surface area (Å²) in [6.45, 7) is 2.67.